The Labute approximate surface area is 155 Å². The molecular weight excluding hydrogens is 400 g/mol. The average molecular weight is 413 g/mol. The number of benzene rings is 1. The molecule has 0 spiro atoms. The van der Waals surface area contributed by atoms with Gasteiger partial charge in [0.25, 0.3) is 0 Å². The Kier molecular flexibility index (Phi) is 6.59. The minimum absolute atomic E-state index is 0.206. The molecular formula is C14H13Cl2F3N4OS. The third-order valence-corrected chi connectivity index (χ3v) is 4.54. The summed E-state index contributed by atoms with van der Waals surface area (Å²) in [5.41, 5.74) is 0.619. The molecule has 2 rings (SSSR count). The van der Waals surface area contributed by atoms with Gasteiger partial charge in [-0.25, -0.2) is 0 Å². The number of amides is 1. The van der Waals surface area contributed by atoms with E-state index in [1.807, 2.05) is 6.92 Å². The van der Waals surface area contributed by atoms with E-state index in [1.54, 1.807) is 28.1 Å². The first-order valence-electron chi connectivity index (χ1n) is 7.06. The first-order valence-corrected chi connectivity index (χ1v) is 8.80. The minimum Gasteiger partial charge on any atom is -0.346 e. The molecule has 0 aliphatic heterocycles. The standard InChI is InChI=1S/C14H13Cl2F3N4OS/c1-2-23-12(9-4-3-8(15)5-10(9)16)21-22-13(23)25-6-11(24)20-7-14(17,18)19/h3-5H,2,6-7H2,1H3,(H,20,24). The lowest BCUT2D eigenvalue weighted by molar-refractivity contribution is -0.136. The van der Waals surface area contributed by atoms with Gasteiger partial charge in [-0.05, 0) is 25.1 Å². The van der Waals surface area contributed by atoms with Gasteiger partial charge in [0.1, 0.15) is 6.54 Å². The molecule has 136 valence electrons. The Hall–Kier alpha value is -1.45. The number of hydrogen-bond acceptors (Lipinski definition) is 4. The van der Waals surface area contributed by atoms with Crippen LogP contribution in [0.1, 0.15) is 6.92 Å². The summed E-state index contributed by atoms with van der Waals surface area (Å²) in [7, 11) is 0. The van der Waals surface area contributed by atoms with Crippen LogP contribution in [0.2, 0.25) is 10.0 Å². The zero-order valence-corrected chi connectivity index (χ0v) is 15.2. The predicted octanol–water partition coefficient (Wildman–Crippen LogP) is 4.04. The summed E-state index contributed by atoms with van der Waals surface area (Å²) in [5.74, 6) is -0.454. The Balaban J connectivity index is 2.11. The summed E-state index contributed by atoms with van der Waals surface area (Å²) in [6, 6.07) is 4.94. The van der Waals surface area contributed by atoms with E-state index in [1.165, 1.54) is 0 Å². The molecule has 25 heavy (non-hydrogen) atoms. The fraction of sp³-hybridized carbons (Fsp3) is 0.357. The number of aromatic nitrogens is 3. The van der Waals surface area contributed by atoms with Gasteiger partial charge in [-0.2, -0.15) is 13.2 Å². The molecule has 0 saturated carbocycles. The van der Waals surface area contributed by atoms with E-state index in [0.29, 0.717) is 33.1 Å². The number of hydrogen-bond donors (Lipinski definition) is 1. The van der Waals surface area contributed by atoms with Gasteiger partial charge in [0.05, 0.1) is 10.8 Å². The number of halogens is 5. The van der Waals surface area contributed by atoms with Crippen LogP contribution in [-0.4, -0.2) is 39.1 Å². The lowest BCUT2D eigenvalue weighted by Crippen LogP contribution is -2.34. The summed E-state index contributed by atoms with van der Waals surface area (Å²) in [6.45, 7) is 0.983. The summed E-state index contributed by atoms with van der Waals surface area (Å²) in [6.07, 6.45) is -4.44. The van der Waals surface area contributed by atoms with Crippen molar-refractivity contribution in [3.8, 4) is 11.4 Å². The van der Waals surface area contributed by atoms with Crippen molar-refractivity contribution in [2.24, 2.45) is 0 Å². The molecule has 0 saturated heterocycles. The molecule has 5 nitrogen and oxygen atoms in total. The molecule has 1 aromatic heterocycles. The topological polar surface area (TPSA) is 59.8 Å². The van der Waals surface area contributed by atoms with Crippen LogP contribution in [-0.2, 0) is 11.3 Å². The largest absolute Gasteiger partial charge is 0.405 e. The van der Waals surface area contributed by atoms with Gasteiger partial charge in [0, 0.05) is 17.1 Å². The number of thioether (sulfide) groups is 1. The summed E-state index contributed by atoms with van der Waals surface area (Å²) in [4.78, 5) is 11.5. The molecule has 0 atom stereocenters. The number of carbonyl (C=O) groups is 1. The highest BCUT2D eigenvalue weighted by Gasteiger charge is 2.27. The summed E-state index contributed by atoms with van der Waals surface area (Å²) in [5, 5.41) is 11.1. The highest BCUT2D eigenvalue weighted by Crippen LogP contribution is 2.31. The van der Waals surface area contributed by atoms with Gasteiger partial charge in [-0.3, -0.25) is 4.79 Å². The molecule has 0 aliphatic carbocycles. The second-order valence-corrected chi connectivity index (χ2v) is 6.64. The third-order valence-electron chi connectivity index (χ3n) is 3.02. The van der Waals surface area contributed by atoms with Gasteiger partial charge < -0.3 is 9.88 Å². The number of rotatable bonds is 6. The lowest BCUT2D eigenvalue weighted by Gasteiger charge is -2.10. The molecule has 1 aromatic carbocycles. The van der Waals surface area contributed by atoms with E-state index in [0.717, 1.165) is 11.8 Å². The zero-order chi connectivity index (χ0) is 18.6. The lowest BCUT2D eigenvalue weighted by atomic mass is 10.2. The Morgan fingerprint density at radius 1 is 1.32 bits per heavy atom. The molecule has 0 bridgehead atoms. The molecule has 0 aliphatic rings. The molecule has 0 radical (unpaired) electrons. The third kappa shape index (κ3) is 5.52. The van der Waals surface area contributed by atoms with Gasteiger partial charge in [0.15, 0.2) is 11.0 Å². The van der Waals surface area contributed by atoms with E-state index in [4.69, 9.17) is 23.2 Å². The molecule has 0 fully saturated rings. The number of nitrogens with one attached hydrogen (secondary N) is 1. The van der Waals surface area contributed by atoms with E-state index in [9.17, 15) is 18.0 Å². The quantitative estimate of drug-likeness (QED) is 0.727. The van der Waals surface area contributed by atoms with Crippen molar-refractivity contribution in [2.45, 2.75) is 24.8 Å². The second-order valence-electron chi connectivity index (χ2n) is 4.86. The van der Waals surface area contributed by atoms with Crippen molar-refractivity contribution < 1.29 is 18.0 Å². The van der Waals surface area contributed by atoms with E-state index < -0.39 is 18.6 Å². The summed E-state index contributed by atoms with van der Waals surface area (Å²) < 4.78 is 38.0. The van der Waals surface area contributed by atoms with Gasteiger partial charge in [0.2, 0.25) is 5.91 Å². The van der Waals surface area contributed by atoms with Crippen LogP contribution >= 0.6 is 35.0 Å². The van der Waals surface area contributed by atoms with Gasteiger partial charge in [-0.15, -0.1) is 10.2 Å². The predicted molar refractivity (Wildman–Crippen MR) is 90.9 cm³/mol. The molecule has 1 heterocycles. The maximum atomic E-state index is 12.1. The monoisotopic (exact) mass is 412 g/mol. The maximum Gasteiger partial charge on any atom is 0.405 e. The summed E-state index contributed by atoms with van der Waals surface area (Å²) >= 11 is 13.0. The molecule has 2 aromatic rings. The minimum atomic E-state index is -4.44. The maximum absolute atomic E-state index is 12.1. The highest BCUT2D eigenvalue weighted by molar-refractivity contribution is 7.99. The second kappa shape index (κ2) is 8.29. The van der Waals surface area contributed by atoms with E-state index in [2.05, 4.69) is 10.2 Å². The normalized spacial score (nSPS) is 11.6. The van der Waals surface area contributed by atoms with Crippen molar-refractivity contribution in [1.29, 1.82) is 0 Å². The first-order chi connectivity index (χ1) is 11.7. The Morgan fingerprint density at radius 3 is 2.64 bits per heavy atom. The van der Waals surface area contributed by atoms with Crippen molar-refractivity contribution >= 4 is 40.9 Å². The smallest absolute Gasteiger partial charge is 0.346 e. The fourth-order valence-electron chi connectivity index (χ4n) is 1.93. The van der Waals surface area contributed by atoms with E-state index >= 15 is 0 Å². The molecule has 0 unspecified atom stereocenters. The number of nitrogens with zero attached hydrogens (tertiary/aromatic N) is 3. The number of carbonyl (C=O) groups excluding carboxylic acids is 1. The van der Waals surface area contributed by atoms with E-state index in [-0.39, 0.29) is 5.75 Å². The van der Waals surface area contributed by atoms with Crippen LogP contribution < -0.4 is 5.32 Å². The molecule has 1 N–H and O–H groups in total. The van der Waals surface area contributed by atoms with Crippen LogP contribution in [0.5, 0.6) is 0 Å². The van der Waals surface area contributed by atoms with Crippen LogP contribution in [0.3, 0.4) is 0 Å². The molecule has 1 amide bonds. The Morgan fingerprint density at radius 2 is 2.04 bits per heavy atom. The molecule has 11 heteroatoms. The average Bonchev–Trinajstić information content (AvgIpc) is 2.93. The zero-order valence-electron chi connectivity index (χ0n) is 12.9. The van der Waals surface area contributed by atoms with Crippen molar-refractivity contribution in [1.82, 2.24) is 20.1 Å². The number of alkyl halides is 3. The van der Waals surface area contributed by atoms with Gasteiger partial charge in [-0.1, -0.05) is 35.0 Å². The fourth-order valence-corrected chi connectivity index (χ4v) is 3.26. The highest BCUT2D eigenvalue weighted by atomic mass is 35.5. The van der Waals surface area contributed by atoms with Crippen molar-refractivity contribution in [3.05, 3.63) is 28.2 Å². The van der Waals surface area contributed by atoms with Crippen LogP contribution in [0, 0.1) is 0 Å². The van der Waals surface area contributed by atoms with Crippen LogP contribution in [0.25, 0.3) is 11.4 Å². The SMILES string of the molecule is CCn1c(SCC(=O)NCC(F)(F)F)nnc1-c1ccc(Cl)cc1Cl. The van der Waals surface area contributed by atoms with Gasteiger partial charge >= 0.3 is 6.18 Å². The van der Waals surface area contributed by atoms with Crippen LogP contribution in [0.15, 0.2) is 23.4 Å². The Bertz CT molecular complexity index is 767. The first kappa shape index (κ1) is 19.9. The van der Waals surface area contributed by atoms with Crippen molar-refractivity contribution in [3.63, 3.8) is 0 Å². The van der Waals surface area contributed by atoms with Crippen LogP contribution in [0.4, 0.5) is 13.2 Å². The van der Waals surface area contributed by atoms with Crippen molar-refractivity contribution in [2.75, 3.05) is 12.3 Å².